The Kier molecular flexibility index (Phi) is 4.09. The summed E-state index contributed by atoms with van der Waals surface area (Å²) in [5.74, 6) is 0.481. The van der Waals surface area contributed by atoms with Crippen LogP contribution in [0.15, 0.2) is 12.4 Å². The molecule has 0 unspecified atom stereocenters. The Bertz CT molecular complexity index is 401. The lowest BCUT2D eigenvalue weighted by Crippen LogP contribution is -2.34. The van der Waals surface area contributed by atoms with Crippen LogP contribution in [0.2, 0.25) is 0 Å². The van der Waals surface area contributed by atoms with E-state index in [2.05, 4.69) is 32.5 Å². The fourth-order valence-electron chi connectivity index (χ4n) is 1.71. The van der Waals surface area contributed by atoms with Crippen molar-refractivity contribution in [1.82, 2.24) is 20.2 Å². The second-order valence-electron chi connectivity index (χ2n) is 4.50. The number of likely N-dealkylation sites (N-methyl/N-ethyl adjacent to an activating group) is 1. The molecule has 0 bridgehead atoms. The van der Waals surface area contributed by atoms with Crippen molar-refractivity contribution in [3.8, 4) is 0 Å². The van der Waals surface area contributed by atoms with Crippen LogP contribution in [0.3, 0.4) is 0 Å². The Morgan fingerprint density at radius 3 is 2.78 bits per heavy atom. The highest BCUT2D eigenvalue weighted by Gasteiger charge is 2.25. The van der Waals surface area contributed by atoms with Crippen LogP contribution < -0.4 is 10.6 Å². The van der Waals surface area contributed by atoms with Crippen molar-refractivity contribution in [3.63, 3.8) is 0 Å². The molecule has 1 heterocycles. The second-order valence-corrected chi connectivity index (χ2v) is 4.50. The highest BCUT2D eigenvalue weighted by Crippen LogP contribution is 2.24. The van der Waals surface area contributed by atoms with Crippen LogP contribution in [-0.2, 0) is 0 Å². The normalized spacial score (nSPS) is 14.6. The lowest BCUT2D eigenvalue weighted by molar-refractivity contribution is 0.0944. The van der Waals surface area contributed by atoms with Crippen molar-refractivity contribution in [2.75, 3.05) is 32.5 Å². The molecule has 0 aliphatic heterocycles. The van der Waals surface area contributed by atoms with E-state index in [4.69, 9.17) is 0 Å². The minimum atomic E-state index is -0.172. The van der Waals surface area contributed by atoms with E-state index in [-0.39, 0.29) is 5.91 Å². The first-order valence-corrected chi connectivity index (χ1v) is 6.19. The molecule has 0 spiro atoms. The molecule has 1 fully saturated rings. The molecular formula is C12H19N5O. The third kappa shape index (κ3) is 3.40. The number of carbonyl (C=O) groups is 1. The molecule has 1 aliphatic rings. The van der Waals surface area contributed by atoms with Crippen molar-refractivity contribution in [1.29, 1.82) is 0 Å². The number of hydrogen-bond donors (Lipinski definition) is 2. The van der Waals surface area contributed by atoms with Gasteiger partial charge in [0.1, 0.15) is 11.5 Å². The highest BCUT2D eigenvalue weighted by atomic mass is 16.1. The maximum atomic E-state index is 11.8. The average Bonchev–Trinajstić information content (AvgIpc) is 3.23. The summed E-state index contributed by atoms with van der Waals surface area (Å²) < 4.78 is 0. The van der Waals surface area contributed by atoms with E-state index in [1.54, 1.807) is 13.2 Å². The predicted molar refractivity (Wildman–Crippen MR) is 69.6 cm³/mol. The second kappa shape index (κ2) is 5.77. The van der Waals surface area contributed by atoms with Crippen molar-refractivity contribution >= 4 is 11.7 Å². The molecule has 6 heteroatoms. The van der Waals surface area contributed by atoms with Crippen molar-refractivity contribution in [2.24, 2.45) is 0 Å². The van der Waals surface area contributed by atoms with Gasteiger partial charge in [-0.25, -0.2) is 9.97 Å². The topological polar surface area (TPSA) is 70.2 Å². The van der Waals surface area contributed by atoms with Crippen LogP contribution in [0.5, 0.6) is 0 Å². The van der Waals surface area contributed by atoms with Gasteiger partial charge in [0.25, 0.3) is 5.91 Å². The Balaban J connectivity index is 1.75. The summed E-state index contributed by atoms with van der Waals surface area (Å²) in [6, 6.07) is 0.719. The summed E-state index contributed by atoms with van der Waals surface area (Å²) in [5, 5.41) is 5.71. The number of rotatable bonds is 6. The molecule has 1 aromatic heterocycles. The zero-order valence-electron chi connectivity index (χ0n) is 10.8. The zero-order chi connectivity index (χ0) is 13.0. The number of hydrogen-bond acceptors (Lipinski definition) is 5. The third-order valence-electron chi connectivity index (χ3n) is 3.06. The predicted octanol–water partition coefficient (Wildman–Crippen LogP) is 0.342. The van der Waals surface area contributed by atoms with E-state index in [1.807, 2.05) is 0 Å². The molecule has 0 atom stereocenters. The third-order valence-corrected chi connectivity index (χ3v) is 3.06. The monoisotopic (exact) mass is 249 g/mol. The van der Waals surface area contributed by atoms with Crippen LogP contribution in [0, 0.1) is 0 Å². The molecule has 2 N–H and O–H groups in total. The van der Waals surface area contributed by atoms with Crippen LogP contribution in [0.25, 0.3) is 0 Å². The van der Waals surface area contributed by atoms with Crippen molar-refractivity contribution < 1.29 is 4.79 Å². The van der Waals surface area contributed by atoms with Gasteiger partial charge in [-0.05, 0) is 19.9 Å². The maximum Gasteiger partial charge on any atom is 0.271 e. The van der Waals surface area contributed by atoms with Crippen LogP contribution in [0.4, 0.5) is 5.82 Å². The molecule has 1 amide bonds. The molecular weight excluding hydrogens is 230 g/mol. The first kappa shape index (κ1) is 12.8. The first-order valence-electron chi connectivity index (χ1n) is 6.19. The number of aromatic nitrogens is 2. The van der Waals surface area contributed by atoms with Crippen LogP contribution in [-0.4, -0.2) is 54.0 Å². The number of carbonyl (C=O) groups excluding carboxylic acids is 1. The quantitative estimate of drug-likeness (QED) is 0.761. The van der Waals surface area contributed by atoms with E-state index >= 15 is 0 Å². The fraction of sp³-hybridized carbons (Fsp3) is 0.583. The molecule has 18 heavy (non-hydrogen) atoms. The van der Waals surface area contributed by atoms with Gasteiger partial charge >= 0.3 is 0 Å². The van der Waals surface area contributed by atoms with E-state index in [9.17, 15) is 4.79 Å². The molecule has 1 aromatic rings. The summed E-state index contributed by atoms with van der Waals surface area (Å²) in [6.45, 7) is 1.51. The Labute approximate surface area is 107 Å². The summed E-state index contributed by atoms with van der Waals surface area (Å²) in [5.41, 5.74) is 0.350. The van der Waals surface area contributed by atoms with Gasteiger partial charge in [-0.15, -0.1) is 0 Å². The van der Waals surface area contributed by atoms with E-state index in [1.165, 1.54) is 19.0 Å². The van der Waals surface area contributed by atoms with E-state index in [0.29, 0.717) is 18.1 Å². The van der Waals surface area contributed by atoms with Gasteiger partial charge in [0, 0.05) is 26.2 Å². The first-order chi connectivity index (χ1) is 8.70. The molecule has 0 saturated heterocycles. The van der Waals surface area contributed by atoms with Gasteiger partial charge in [0.15, 0.2) is 0 Å². The maximum absolute atomic E-state index is 11.8. The minimum Gasteiger partial charge on any atom is -0.372 e. The van der Waals surface area contributed by atoms with Crippen LogP contribution in [0.1, 0.15) is 23.3 Å². The smallest absolute Gasteiger partial charge is 0.271 e. The van der Waals surface area contributed by atoms with Gasteiger partial charge in [-0.2, -0.15) is 0 Å². The average molecular weight is 249 g/mol. The van der Waals surface area contributed by atoms with Gasteiger partial charge in [0.05, 0.1) is 12.4 Å². The Hall–Kier alpha value is -1.69. The highest BCUT2D eigenvalue weighted by molar-refractivity contribution is 5.91. The summed E-state index contributed by atoms with van der Waals surface area (Å²) >= 11 is 0. The zero-order valence-corrected chi connectivity index (χ0v) is 10.8. The molecule has 2 rings (SSSR count). The number of amides is 1. The van der Waals surface area contributed by atoms with Crippen molar-refractivity contribution in [3.05, 3.63) is 18.1 Å². The number of nitrogens with zero attached hydrogens (tertiary/aromatic N) is 3. The minimum absolute atomic E-state index is 0.172. The lowest BCUT2D eigenvalue weighted by atomic mass is 10.4. The van der Waals surface area contributed by atoms with E-state index < -0.39 is 0 Å². The molecule has 0 aromatic carbocycles. The largest absolute Gasteiger partial charge is 0.372 e. The molecule has 6 nitrogen and oxygen atoms in total. The fourth-order valence-corrected chi connectivity index (χ4v) is 1.71. The van der Waals surface area contributed by atoms with Gasteiger partial charge in [-0.3, -0.25) is 4.79 Å². The number of nitrogens with one attached hydrogen (secondary N) is 2. The van der Waals surface area contributed by atoms with Gasteiger partial charge in [-0.1, -0.05) is 0 Å². The molecule has 1 aliphatic carbocycles. The van der Waals surface area contributed by atoms with E-state index in [0.717, 1.165) is 12.6 Å². The summed E-state index contributed by atoms with van der Waals surface area (Å²) in [7, 11) is 3.85. The van der Waals surface area contributed by atoms with Gasteiger partial charge in [0.2, 0.25) is 0 Å². The van der Waals surface area contributed by atoms with Crippen LogP contribution >= 0.6 is 0 Å². The lowest BCUT2D eigenvalue weighted by Gasteiger charge is -2.15. The molecule has 1 saturated carbocycles. The van der Waals surface area contributed by atoms with Crippen molar-refractivity contribution in [2.45, 2.75) is 18.9 Å². The Morgan fingerprint density at radius 2 is 2.22 bits per heavy atom. The number of anilines is 1. The summed E-state index contributed by atoms with van der Waals surface area (Å²) in [6.07, 6.45) is 5.58. The standard InChI is InChI=1S/C12H19N5O/c1-13-11-8-15-10(7-16-11)12(18)14-5-6-17(2)9-3-4-9/h7-9H,3-6H2,1-2H3,(H,13,16)(H,14,18). The SMILES string of the molecule is CNc1cnc(C(=O)NCCN(C)C2CC2)cn1. The Morgan fingerprint density at radius 1 is 1.44 bits per heavy atom. The molecule has 98 valence electrons. The molecule has 0 radical (unpaired) electrons. The van der Waals surface area contributed by atoms with Gasteiger partial charge < -0.3 is 15.5 Å². The summed E-state index contributed by atoms with van der Waals surface area (Å²) in [4.78, 5) is 22.1.